The minimum Gasteiger partial charge on any atom is -0.253 e. The Labute approximate surface area is 121 Å². The van der Waals surface area contributed by atoms with Gasteiger partial charge in [-0.25, -0.2) is 13.4 Å². The Morgan fingerprint density at radius 1 is 1.16 bits per heavy atom. The third-order valence-electron chi connectivity index (χ3n) is 2.71. The highest BCUT2D eigenvalue weighted by Gasteiger charge is 2.21. The van der Waals surface area contributed by atoms with Crippen LogP contribution in [0.3, 0.4) is 0 Å². The SMILES string of the molecule is CN(c1ccccn1)S(=O)(=O)c1ccc(CBr)cc1. The zero-order valence-corrected chi connectivity index (χ0v) is 12.7. The lowest BCUT2D eigenvalue weighted by atomic mass is 10.2. The lowest BCUT2D eigenvalue weighted by Crippen LogP contribution is -2.27. The average molecular weight is 341 g/mol. The summed E-state index contributed by atoms with van der Waals surface area (Å²) in [5.74, 6) is 0.395. The zero-order valence-electron chi connectivity index (χ0n) is 10.3. The van der Waals surface area contributed by atoms with Crippen LogP contribution in [0.25, 0.3) is 0 Å². The molecule has 0 saturated heterocycles. The standard InChI is InChI=1S/C13H13BrN2O2S/c1-16(13-4-2-3-9-15-13)19(17,18)12-7-5-11(10-14)6-8-12/h2-9H,10H2,1H3. The molecular formula is C13H13BrN2O2S. The van der Waals surface area contributed by atoms with Gasteiger partial charge in [0, 0.05) is 18.6 Å². The van der Waals surface area contributed by atoms with Crippen LogP contribution in [0.1, 0.15) is 5.56 Å². The number of pyridine rings is 1. The summed E-state index contributed by atoms with van der Waals surface area (Å²) >= 11 is 3.33. The maximum Gasteiger partial charge on any atom is 0.265 e. The van der Waals surface area contributed by atoms with Gasteiger partial charge in [-0.1, -0.05) is 34.1 Å². The first-order valence-electron chi connectivity index (χ1n) is 5.60. The molecule has 4 nitrogen and oxygen atoms in total. The van der Waals surface area contributed by atoms with Crippen molar-refractivity contribution in [1.29, 1.82) is 0 Å². The summed E-state index contributed by atoms with van der Waals surface area (Å²) in [6.45, 7) is 0. The third kappa shape index (κ3) is 2.96. The average Bonchev–Trinajstić information content (AvgIpc) is 2.47. The number of anilines is 1. The second kappa shape index (κ2) is 5.71. The molecule has 0 unspecified atom stereocenters. The molecule has 0 bridgehead atoms. The molecule has 0 aliphatic rings. The molecule has 6 heteroatoms. The van der Waals surface area contributed by atoms with Gasteiger partial charge in [-0.3, -0.25) is 4.31 Å². The molecule has 19 heavy (non-hydrogen) atoms. The van der Waals surface area contributed by atoms with Crippen molar-refractivity contribution in [3.05, 3.63) is 54.2 Å². The fraction of sp³-hybridized carbons (Fsp3) is 0.154. The van der Waals surface area contributed by atoms with Gasteiger partial charge in [0.05, 0.1) is 4.90 Å². The van der Waals surface area contributed by atoms with Gasteiger partial charge in [-0.05, 0) is 29.8 Å². The number of hydrogen-bond acceptors (Lipinski definition) is 3. The molecule has 2 aromatic rings. The van der Waals surface area contributed by atoms with Crippen molar-refractivity contribution in [3.8, 4) is 0 Å². The largest absolute Gasteiger partial charge is 0.265 e. The first kappa shape index (κ1) is 14.0. The Morgan fingerprint density at radius 3 is 2.37 bits per heavy atom. The molecule has 0 spiro atoms. The summed E-state index contributed by atoms with van der Waals surface area (Å²) in [6, 6.07) is 11.9. The van der Waals surface area contributed by atoms with Gasteiger partial charge in [-0.2, -0.15) is 0 Å². The van der Waals surface area contributed by atoms with Crippen LogP contribution in [0.5, 0.6) is 0 Å². The van der Waals surface area contributed by atoms with Crippen LogP contribution >= 0.6 is 15.9 Å². The second-order valence-electron chi connectivity index (χ2n) is 3.94. The van der Waals surface area contributed by atoms with E-state index in [-0.39, 0.29) is 4.90 Å². The van der Waals surface area contributed by atoms with Gasteiger partial charge in [0.1, 0.15) is 5.82 Å². The molecule has 0 aliphatic heterocycles. The number of alkyl halides is 1. The normalized spacial score (nSPS) is 11.3. The summed E-state index contributed by atoms with van der Waals surface area (Å²) in [6.07, 6.45) is 1.56. The summed E-state index contributed by atoms with van der Waals surface area (Å²) < 4.78 is 26.0. The van der Waals surface area contributed by atoms with E-state index in [1.165, 1.54) is 11.4 Å². The molecule has 1 heterocycles. The van der Waals surface area contributed by atoms with Crippen molar-refractivity contribution in [2.45, 2.75) is 10.2 Å². The molecule has 0 radical (unpaired) electrons. The van der Waals surface area contributed by atoms with Gasteiger partial charge in [0.25, 0.3) is 10.0 Å². The van der Waals surface area contributed by atoms with Gasteiger partial charge in [-0.15, -0.1) is 0 Å². The second-order valence-corrected chi connectivity index (χ2v) is 6.47. The summed E-state index contributed by atoms with van der Waals surface area (Å²) in [5.41, 5.74) is 1.03. The molecule has 100 valence electrons. The summed E-state index contributed by atoms with van der Waals surface area (Å²) in [4.78, 5) is 4.30. The van der Waals surface area contributed by atoms with Crippen LogP contribution in [0.4, 0.5) is 5.82 Å². The third-order valence-corrected chi connectivity index (χ3v) is 5.13. The lowest BCUT2D eigenvalue weighted by Gasteiger charge is -2.18. The van der Waals surface area contributed by atoms with Crippen LogP contribution in [0.2, 0.25) is 0 Å². The predicted molar refractivity (Wildman–Crippen MR) is 78.9 cm³/mol. The fourth-order valence-corrected chi connectivity index (χ4v) is 3.10. The zero-order chi connectivity index (χ0) is 13.9. The number of aromatic nitrogens is 1. The quantitative estimate of drug-likeness (QED) is 0.804. The molecule has 0 fully saturated rings. The maximum absolute atomic E-state index is 12.4. The minimum absolute atomic E-state index is 0.255. The highest BCUT2D eigenvalue weighted by Crippen LogP contribution is 2.20. The Hall–Kier alpha value is -1.40. The maximum atomic E-state index is 12.4. The smallest absolute Gasteiger partial charge is 0.253 e. The van der Waals surface area contributed by atoms with Gasteiger partial charge >= 0.3 is 0 Å². The molecule has 0 saturated carbocycles. The molecule has 0 atom stereocenters. The fourth-order valence-electron chi connectivity index (χ4n) is 1.57. The van der Waals surface area contributed by atoms with Gasteiger partial charge < -0.3 is 0 Å². The van der Waals surface area contributed by atoms with Crippen LogP contribution < -0.4 is 4.31 Å². The van der Waals surface area contributed by atoms with E-state index in [9.17, 15) is 8.42 Å². The molecule has 0 N–H and O–H groups in total. The first-order chi connectivity index (χ1) is 9.05. The summed E-state index contributed by atoms with van der Waals surface area (Å²) in [5, 5.41) is 0.698. The molecular weight excluding hydrogens is 328 g/mol. The van der Waals surface area contributed by atoms with E-state index in [0.29, 0.717) is 11.1 Å². The van der Waals surface area contributed by atoms with E-state index in [0.717, 1.165) is 5.56 Å². The number of sulfonamides is 1. The first-order valence-corrected chi connectivity index (χ1v) is 8.17. The van der Waals surface area contributed by atoms with Crippen molar-refractivity contribution in [3.63, 3.8) is 0 Å². The van der Waals surface area contributed by atoms with Crippen molar-refractivity contribution < 1.29 is 8.42 Å². The minimum atomic E-state index is -3.56. The Balaban J connectivity index is 2.36. The van der Waals surface area contributed by atoms with E-state index >= 15 is 0 Å². The number of rotatable bonds is 4. The van der Waals surface area contributed by atoms with E-state index in [1.807, 2.05) is 0 Å². The lowest BCUT2D eigenvalue weighted by molar-refractivity contribution is 0.594. The van der Waals surface area contributed by atoms with E-state index in [1.54, 1.807) is 48.7 Å². The Bertz CT molecular complexity index is 642. The highest BCUT2D eigenvalue weighted by molar-refractivity contribution is 9.08. The van der Waals surface area contributed by atoms with Crippen LogP contribution in [0, 0.1) is 0 Å². The van der Waals surface area contributed by atoms with Gasteiger partial charge in [0.2, 0.25) is 0 Å². The van der Waals surface area contributed by atoms with Crippen LogP contribution in [0.15, 0.2) is 53.6 Å². The van der Waals surface area contributed by atoms with Crippen LogP contribution in [-0.4, -0.2) is 20.4 Å². The topological polar surface area (TPSA) is 50.3 Å². The number of benzene rings is 1. The molecule has 2 rings (SSSR count). The highest BCUT2D eigenvalue weighted by atomic mass is 79.9. The Morgan fingerprint density at radius 2 is 1.84 bits per heavy atom. The monoisotopic (exact) mass is 340 g/mol. The van der Waals surface area contributed by atoms with Gasteiger partial charge in [0.15, 0.2) is 0 Å². The molecule has 0 aliphatic carbocycles. The molecule has 1 aromatic heterocycles. The van der Waals surface area contributed by atoms with Crippen molar-refractivity contribution in [2.24, 2.45) is 0 Å². The number of halogens is 1. The summed E-state index contributed by atoms with van der Waals surface area (Å²) in [7, 11) is -2.07. The van der Waals surface area contributed by atoms with Crippen molar-refractivity contribution in [1.82, 2.24) is 4.98 Å². The van der Waals surface area contributed by atoms with Crippen molar-refractivity contribution >= 4 is 31.8 Å². The van der Waals surface area contributed by atoms with E-state index in [4.69, 9.17) is 0 Å². The van der Waals surface area contributed by atoms with E-state index < -0.39 is 10.0 Å². The van der Waals surface area contributed by atoms with Crippen molar-refractivity contribution in [2.75, 3.05) is 11.4 Å². The van der Waals surface area contributed by atoms with E-state index in [2.05, 4.69) is 20.9 Å². The molecule has 0 amide bonds. The Kier molecular flexibility index (Phi) is 4.21. The number of nitrogens with zero attached hydrogens (tertiary/aromatic N) is 2. The number of hydrogen-bond donors (Lipinski definition) is 0. The predicted octanol–water partition coefficient (Wildman–Crippen LogP) is 2.80. The van der Waals surface area contributed by atoms with Crippen LogP contribution in [-0.2, 0) is 15.4 Å². The molecule has 1 aromatic carbocycles.